The monoisotopic (exact) mass is 300 g/mol. The average molecular weight is 301 g/mol. The lowest BCUT2D eigenvalue weighted by molar-refractivity contribution is 0.560. The van der Waals surface area contributed by atoms with Crippen molar-refractivity contribution in [2.24, 2.45) is 11.7 Å². The van der Waals surface area contributed by atoms with Crippen LogP contribution in [-0.4, -0.2) is 11.0 Å². The predicted octanol–water partition coefficient (Wildman–Crippen LogP) is 3.54. The molecule has 1 atom stereocenters. The van der Waals surface area contributed by atoms with Gasteiger partial charge in [-0.3, -0.25) is 0 Å². The Bertz CT molecular complexity index is 391. The molecule has 1 unspecified atom stereocenters. The van der Waals surface area contributed by atoms with Gasteiger partial charge in [-0.1, -0.05) is 26.1 Å². The van der Waals surface area contributed by atoms with Crippen LogP contribution in [0.4, 0.5) is 5.69 Å². The van der Waals surface area contributed by atoms with Gasteiger partial charge < -0.3 is 11.1 Å². The number of anilines is 1. The molecule has 0 saturated carbocycles. The number of hydrogen-bond acceptors (Lipinski definition) is 2. The predicted molar refractivity (Wildman–Crippen MR) is 78.0 cm³/mol. The highest BCUT2D eigenvalue weighted by Crippen LogP contribution is 2.25. The molecule has 0 aliphatic carbocycles. The van der Waals surface area contributed by atoms with Crippen LogP contribution in [0, 0.1) is 5.92 Å². The van der Waals surface area contributed by atoms with E-state index >= 15 is 0 Å². The van der Waals surface area contributed by atoms with Crippen LogP contribution in [0.15, 0.2) is 22.7 Å². The van der Waals surface area contributed by atoms with Crippen molar-refractivity contribution in [2.75, 3.05) is 5.32 Å². The Kier molecular flexibility index (Phi) is 4.74. The average Bonchev–Trinajstić information content (AvgIpc) is 2.20. The number of nitrogens with two attached hydrogens (primary N) is 1. The minimum Gasteiger partial charge on any atom is -0.389 e. The van der Waals surface area contributed by atoms with E-state index in [2.05, 4.69) is 42.0 Å². The third-order valence-corrected chi connectivity index (χ3v) is 3.53. The Labute approximate surface area is 111 Å². The molecule has 0 radical (unpaired) electrons. The van der Waals surface area contributed by atoms with Crippen LogP contribution in [0.5, 0.6) is 0 Å². The maximum Gasteiger partial charge on any atom is 0.104 e. The topological polar surface area (TPSA) is 38.0 Å². The van der Waals surface area contributed by atoms with E-state index in [1.165, 1.54) is 0 Å². The summed E-state index contributed by atoms with van der Waals surface area (Å²) in [5, 5.41) is 3.44. The van der Waals surface area contributed by atoms with Gasteiger partial charge in [0.15, 0.2) is 0 Å². The van der Waals surface area contributed by atoms with Gasteiger partial charge in [0.25, 0.3) is 0 Å². The van der Waals surface area contributed by atoms with Crippen molar-refractivity contribution >= 4 is 38.8 Å². The van der Waals surface area contributed by atoms with Gasteiger partial charge in [0.2, 0.25) is 0 Å². The SMILES string of the molecule is CC(C)C(C)Nc1ccc(C(N)=S)cc1Br. The molecule has 0 aliphatic heterocycles. The Balaban J connectivity index is 2.87. The van der Waals surface area contributed by atoms with Gasteiger partial charge in [-0.15, -0.1) is 0 Å². The third kappa shape index (κ3) is 3.46. The van der Waals surface area contributed by atoms with E-state index in [0.717, 1.165) is 15.7 Å². The maximum absolute atomic E-state index is 5.57. The molecule has 4 heteroatoms. The fourth-order valence-electron chi connectivity index (χ4n) is 1.20. The van der Waals surface area contributed by atoms with Crippen LogP contribution in [0.25, 0.3) is 0 Å². The summed E-state index contributed by atoms with van der Waals surface area (Å²) in [5.41, 5.74) is 7.52. The smallest absolute Gasteiger partial charge is 0.104 e. The van der Waals surface area contributed by atoms with Crippen molar-refractivity contribution in [3.8, 4) is 0 Å². The molecule has 1 aromatic carbocycles. The standard InChI is InChI=1S/C12H17BrN2S/c1-7(2)8(3)15-11-5-4-9(12(14)16)6-10(11)13/h4-8,15H,1-3H3,(H2,14,16). The van der Waals surface area contributed by atoms with Gasteiger partial charge in [0.05, 0.1) is 0 Å². The van der Waals surface area contributed by atoms with Crippen molar-refractivity contribution in [3.63, 3.8) is 0 Å². The molecule has 88 valence electrons. The van der Waals surface area contributed by atoms with E-state index in [9.17, 15) is 0 Å². The van der Waals surface area contributed by atoms with Crippen molar-refractivity contribution in [3.05, 3.63) is 28.2 Å². The van der Waals surface area contributed by atoms with Crippen LogP contribution >= 0.6 is 28.1 Å². The summed E-state index contributed by atoms with van der Waals surface area (Å²) in [5.74, 6) is 0.585. The zero-order chi connectivity index (χ0) is 12.3. The van der Waals surface area contributed by atoms with Crippen LogP contribution in [0.3, 0.4) is 0 Å². The number of hydrogen-bond donors (Lipinski definition) is 2. The normalized spacial score (nSPS) is 12.6. The summed E-state index contributed by atoms with van der Waals surface area (Å²) in [6.07, 6.45) is 0. The summed E-state index contributed by atoms with van der Waals surface area (Å²) in [4.78, 5) is 0.421. The van der Waals surface area contributed by atoms with Crippen molar-refractivity contribution in [1.82, 2.24) is 0 Å². The van der Waals surface area contributed by atoms with Crippen molar-refractivity contribution in [2.45, 2.75) is 26.8 Å². The molecule has 0 amide bonds. The third-order valence-electron chi connectivity index (χ3n) is 2.64. The molecule has 16 heavy (non-hydrogen) atoms. The summed E-state index contributed by atoms with van der Waals surface area (Å²) < 4.78 is 0.991. The summed E-state index contributed by atoms with van der Waals surface area (Å²) in [7, 11) is 0. The van der Waals surface area contributed by atoms with Crippen molar-refractivity contribution < 1.29 is 0 Å². The largest absolute Gasteiger partial charge is 0.389 e. The van der Waals surface area contributed by atoms with E-state index in [0.29, 0.717) is 16.9 Å². The first kappa shape index (κ1) is 13.5. The molecule has 0 fully saturated rings. The lowest BCUT2D eigenvalue weighted by Crippen LogP contribution is -2.21. The molecule has 2 nitrogen and oxygen atoms in total. The Morgan fingerprint density at radius 2 is 2.00 bits per heavy atom. The van der Waals surface area contributed by atoms with Gasteiger partial charge in [-0.25, -0.2) is 0 Å². The maximum atomic E-state index is 5.57. The lowest BCUT2D eigenvalue weighted by Gasteiger charge is -2.20. The molecular formula is C12H17BrN2S. The zero-order valence-electron chi connectivity index (χ0n) is 9.75. The molecule has 0 aliphatic rings. The van der Waals surface area contributed by atoms with E-state index < -0.39 is 0 Å². The molecule has 0 saturated heterocycles. The van der Waals surface area contributed by atoms with Gasteiger partial charge in [0.1, 0.15) is 4.99 Å². The van der Waals surface area contributed by atoms with E-state index in [1.807, 2.05) is 18.2 Å². The number of thiocarbonyl (C=S) groups is 1. The van der Waals surface area contributed by atoms with Crippen LogP contribution in [0.2, 0.25) is 0 Å². The van der Waals surface area contributed by atoms with E-state index in [-0.39, 0.29) is 0 Å². The number of halogens is 1. The summed E-state index contributed by atoms with van der Waals surface area (Å²) in [6, 6.07) is 6.30. The molecule has 1 rings (SSSR count). The van der Waals surface area contributed by atoms with E-state index in [4.69, 9.17) is 18.0 Å². The summed E-state index contributed by atoms with van der Waals surface area (Å²) >= 11 is 8.45. The second-order valence-electron chi connectivity index (χ2n) is 4.24. The van der Waals surface area contributed by atoms with Crippen LogP contribution < -0.4 is 11.1 Å². The zero-order valence-corrected chi connectivity index (χ0v) is 12.2. The molecule has 0 spiro atoms. The highest BCUT2D eigenvalue weighted by Gasteiger charge is 2.09. The second kappa shape index (κ2) is 5.64. The Morgan fingerprint density at radius 3 is 2.44 bits per heavy atom. The van der Waals surface area contributed by atoms with Gasteiger partial charge in [-0.2, -0.15) is 0 Å². The highest BCUT2D eigenvalue weighted by molar-refractivity contribution is 9.10. The first-order valence-electron chi connectivity index (χ1n) is 5.27. The van der Waals surface area contributed by atoms with E-state index in [1.54, 1.807) is 0 Å². The highest BCUT2D eigenvalue weighted by atomic mass is 79.9. The minimum absolute atomic E-state index is 0.421. The fraction of sp³-hybridized carbons (Fsp3) is 0.417. The van der Waals surface area contributed by atoms with Gasteiger partial charge in [0, 0.05) is 21.8 Å². The molecule has 0 bridgehead atoms. The summed E-state index contributed by atoms with van der Waals surface area (Å²) in [6.45, 7) is 6.54. The molecule has 1 aromatic rings. The van der Waals surface area contributed by atoms with Gasteiger partial charge in [-0.05, 0) is 47.0 Å². The van der Waals surface area contributed by atoms with Crippen LogP contribution in [0.1, 0.15) is 26.3 Å². The Hall–Kier alpha value is -0.610. The number of benzene rings is 1. The fourth-order valence-corrected chi connectivity index (χ4v) is 1.82. The van der Waals surface area contributed by atoms with Gasteiger partial charge >= 0.3 is 0 Å². The molecule has 0 aromatic heterocycles. The van der Waals surface area contributed by atoms with Crippen molar-refractivity contribution in [1.29, 1.82) is 0 Å². The first-order valence-corrected chi connectivity index (χ1v) is 6.48. The number of nitrogens with one attached hydrogen (secondary N) is 1. The van der Waals surface area contributed by atoms with Crippen LogP contribution in [-0.2, 0) is 0 Å². The minimum atomic E-state index is 0.421. The second-order valence-corrected chi connectivity index (χ2v) is 5.53. The lowest BCUT2D eigenvalue weighted by atomic mass is 10.1. The Morgan fingerprint density at radius 1 is 1.38 bits per heavy atom. The molecule has 0 heterocycles. The first-order chi connectivity index (χ1) is 7.41. The molecular weight excluding hydrogens is 284 g/mol. The number of rotatable bonds is 4. The molecule has 3 N–H and O–H groups in total. The quantitative estimate of drug-likeness (QED) is 0.835.